The number of likely N-dealkylation sites (tertiary alicyclic amines) is 1. The Balaban J connectivity index is 1.12. The minimum absolute atomic E-state index is 0.0178. The molecule has 0 saturated carbocycles. The first kappa shape index (κ1) is 41.0. The smallest absolute Gasteiger partial charge is 0.357 e. The van der Waals surface area contributed by atoms with E-state index in [-0.39, 0.29) is 31.6 Å². The van der Waals surface area contributed by atoms with E-state index in [1.165, 1.54) is 11.1 Å². The molecule has 1 aliphatic heterocycles. The number of hydroxylamine groups is 1. The Morgan fingerprint density at radius 2 is 1.18 bits per heavy atom. The summed E-state index contributed by atoms with van der Waals surface area (Å²) in [5.41, 5.74) is 5.64. The van der Waals surface area contributed by atoms with Gasteiger partial charge in [-0.1, -0.05) is 61.5 Å². The van der Waals surface area contributed by atoms with Crippen molar-refractivity contribution in [2.45, 2.75) is 64.4 Å². The van der Waals surface area contributed by atoms with E-state index in [1.54, 1.807) is 4.90 Å². The second-order valence-electron chi connectivity index (χ2n) is 12.1. The summed E-state index contributed by atoms with van der Waals surface area (Å²) in [4.78, 5) is 43.5. The molecule has 1 aliphatic rings. The van der Waals surface area contributed by atoms with Gasteiger partial charge in [0, 0.05) is 19.7 Å². The van der Waals surface area contributed by atoms with Crippen LogP contribution in [0.4, 0.5) is 0 Å². The molecule has 2 aromatic rings. The average molecular weight is 701 g/mol. The topological polar surface area (TPSA) is 131 Å². The van der Waals surface area contributed by atoms with E-state index >= 15 is 0 Å². The van der Waals surface area contributed by atoms with Crippen LogP contribution >= 0.6 is 0 Å². The maximum absolute atomic E-state index is 12.5. The highest BCUT2D eigenvalue weighted by atomic mass is 16.7. The number of benzene rings is 2. The first-order chi connectivity index (χ1) is 24.5. The largest absolute Gasteiger partial charge is 0.379 e. The zero-order valence-electron chi connectivity index (χ0n) is 29.7. The van der Waals surface area contributed by atoms with Gasteiger partial charge in [-0.2, -0.15) is 5.48 Å². The fourth-order valence-electron chi connectivity index (χ4n) is 5.22. The van der Waals surface area contributed by atoms with Gasteiger partial charge in [0.25, 0.3) is 5.91 Å². The highest BCUT2D eigenvalue weighted by molar-refractivity contribution is 5.80. The van der Waals surface area contributed by atoms with Crippen LogP contribution in [-0.2, 0) is 66.9 Å². The number of carbonyl (C=O) groups is 3. The van der Waals surface area contributed by atoms with E-state index in [4.69, 9.17) is 33.3 Å². The molecule has 1 N–H and O–H groups in total. The molecule has 278 valence electrons. The van der Waals surface area contributed by atoms with Gasteiger partial charge < -0.3 is 38.2 Å². The second-order valence-corrected chi connectivity index (χ2v) is 12.1. The number of aryl methyl sites for hydroxylation is 2. The van der Waals surface area contributed by atoms with Gasteiger partial charge in [-0.05, 0) is 61.6 Å². The summed E-state index contributed by atoms with van der Waals surface area (Å²) in [7, 11) is 0. The van der Waals surface area contributed by atoms with Crippen LogP contribution in [0.15, 0.2) is 54.6 Å². The third-order valence-corrected chi connectivity index (χ3v) is 7.98. The number of nitrogens with one attached hydrogen (secondary N) is 1. The van der Waals surface area contributed by atoms with Crippen LogP contribution in [0.2, 0.25) is 0 Å². The van der Waals surface area contributed by atoms with Gasteiger partial charge in [0.2, 0.25) is 5.91 Å². The van der Waals surface area contributed by atoms with Crippen LogP contribution in [0.25, 0.3) is 0 Å². The van der Waals surface area contributed by atoms with Gasteiger partial charge in [0.05, 0.1) is 65.4 Å². The number of unbranched alkanes of at least 4 members (excludes halogenated alkanes) is 1. The molecular weight excluding hydrogens is 644 g/mol. The monoisotopic (exact) mass is 700 g/mol. The number of rotatable bonds is 26. The first-order valence-corrected chi connectivity index (χ1v) is 17.9. The lowest BCUT2D eigenvalue weighted by Crippen LogP contribution is -2.43. The van der Waals surface area contributed by atoms with Crippen molar-refractivity contribution in [1.82, 2.24) is 10.4 Å². The molecule has 1 heterocycles. The lowest BCUT2D eigenvalue weighted by atomic mass is 10.0. The zero-order valence-corrected chi connectivity index (χ0v) is 29.7. The molecule has 12 heteroatoms. The predicted molar refractivity (Wildman–Crippen MR) is 187 cm³/mol. The Labute approximate surface area is 297 Å². The molecule has 0 atom stereocenters. The Morgan fingerprint density at radius 1 is 0.660 bits per heavy atom. The Bertz CT molecular complexity index is 1190. The highest BCUT2D eigenvalue weighted by Crippen LogP contribution is 2.14. The maximum Gasteiger partial charge on any atom is 0.357 e. The Hall–Kier alpha value is -3.39. The molecule has 50 heavy (non-hydrogen) atoms. The van der Waals surface area contributed by atoms with Gasteiger partial charge >= 0.3 is 5.97 Å². The summed E-state index contributed by atoms with van der Waals surface area (Å²) in [6.07, 6.45) is 6.40. The number of piperidine rings is 1. The lowest BCUT2D eigenvalue weighted by Gasteiger charge is -2.31. The van der Waals surface area contributed by atoms with E-state index in [9.17, 15) is 14.4 Å². The molecule has 3 rings (SSSR count). The van der Waals surface area contributed by atoms with Gasteiger partial charge in [0.1, 0.15) is 13.2 Å². The molecule has 0 bridgehead atoms. The lowest BCUT2D eigenvalue weighted by molar-refractivity contribution is -0.165. The molecule has 0 aromatic heterocycles. The summed E-state index contributed by atoms with van der Waals surface area (Å²) >= 11 is 0. The van der Waals surface area contributed by atoms with Crippen molar-refractivity contribution in [1.29, 1.82) is 0 Å². The maximum atomic E-state index is 12.5. The molecule has 1 fully saturated rings. The zero-order chi connectivity index (χ0) is 35.5. The van der Waals surface area contributed by atoms with Crippen LogP contribution in [0.5, 0.6) is 0 Å². The van der Waals surface area contributed by atoms with E-state index in [0.29, 0.717) is 78.8 Å². The van der Waals surface area contributed by atoms with Crippen LogP contribution in [0, 0.1) is 0 Å². The average Bonchev–Trinajstić information content (AvgIpc) is 3.14. The Kier molecular flexibility index (Phi) is 21.7. The molecule has 1 saturated heterocycles. The van der Waals surface area contributed by atoms with Crippen LogP contribution < -0.4 is 5.48 Å². The van der Waals surface area contributed by atoms with Gasteiger partial charge in [0.15, 0.2) is 0 Å². The van der Waals surface area contributed by atoms with Crippen molar-refractivity contribution in [3.05, 3.63) is 71.3 Å². The third-order valence-electron chi connectivity index (χ3n) is 7.98. The van der Waals surface area contributed by atoms with Crippen molar-refractivity contribution in [3.8, 4) is 0 Å². The van der Waals surface area contributed by atoms with Crippen molar-refractivity contribution in [2.24, 2.45) is 0 Å². The second kappa shape index (κ2) is 26.4. The fraction of sp³-hybridized carbons (Fsp3) is 0.605. The van der Waals surface area contributed by atoms with Crippen LogP contribution in [-0.4, -0.2) is 115 Å². The highest BCUT2D eigenvalue weighted by Gasteiger charge is 2.24. The molecule has 0 radical (unpaired) electrons. The van der Waals surface area contributed by atoms with Gasteiger partial charge in [-0.25, -0.2) is 4.79 Å². The fourth-order valence-corrected chi connectivity index (χ4v) is 5.22. The third kappa shape index (κ3) is 19.1. The summed E-state index contributed by atoms with van der Waals surface area (Å²) in [5.74, 6) is -1.19. The molecule has 0 spiro atoms. The summed E-state index contributed by atoms with van der Waals surface area (Å²) in [6, 6.07) is 18.4. The van der Waals surface area contributed by atoms with E-state index in [2.05, 4.69) is 36.7 Å². The standard InChI is InChI=1S/C38H56N2O10/c1-2-20-44-21-22-45-23-24-46-25-26-47-27-28-48-30-37(42)40-18-16-35(17-19-40)49-31-38(43)50-39-36(41)29-34-14-12-33(13-15-34)11-7-6-10-32-8-4-3-5-9-32/h3-5,8-9,12-15,35H,2,6-7,10-11,16-31H2,1H3,(H,39,41). The van der Waals surface area contributed by atoms with E-state index < -0.39 is 11.9 Å². The van der Waals surface area contributed by atoms with Crippen LogP contribution in [0.1, 0.15) is 55.7 Å². The first-order valence-electron chi connectivity index (χ1n) is 17.9. The Morgan fingerprint density at radius 3 is 1.76 bits per heavy atom. The quantitative estimate of drug-likeness (QED) is 0.114. The number of carbonyl (C=O) groups excluding carboxylic acids is 3. The summed E-state index contributed by atoms with van der Waals surface area (Å²) in [6.45, 7) is 7.30. The molecular formula is C38H56N2O10. The molecule has 2 amide bonds. The number of hydrogen-bond donors (Lipinski definition) is 1. The van der Waals surface area contributed by atoms with Gasteiger partial charge in [-0.15, -0.1) is 0 Å². The summed E-state index contributed by atoms with van der Waals surface area (Å²) < 4.78 is 32.8. The molecule has 0 unspecified atom stereocenters. The van der Waals surface area contributed by atoms with Crippen molar-refractivity contribution >= 4 is 17.8 Å². The van der Waals surface area contributed by atoms with Gasteiger partial charge in [-0.3, -0.25) is 9.59 Å². The normalized spacial score (nSPS) is 13.3. The van der Waals surface area contributed by atoms with E-state index in [1.807, 2.05) is 30.3 Å². The van der Waals surface area contributed by atoms with Crippen molar-refractivity contribution in [3.63, 3.8) is 0 Å². The van der Waals surface area contributed by atoms with Crippen molar-refractivity contribution < 1.29 is 47.6 Å². The predicted octanol–water partition coefficient (Wildman–Crippen LogP) is 3.87. The minimum Gasteiger partial charge on any atom is -0.379 e. The number of nitrogens with zero attached hydrogens (tertiary/aromatic N) is 1. The minimum atomic E-state index is -0.678. The molecule has 2 aromatic carbocycles. The summed E-state index contributed by atoms with van der Waals surface area (Å²) in [5, 5.41) is 0. The van der Waals surface area contributed by atoms with Crippen molar-refractivity contribution in [2.75, 3.05) is 85.8 Å². The number of amides is 2. The molecule has 0 aliphatic carbocycles. The SMILES string of the molecule is CCCOCCOCCOCCOCCOCC(=O)N1CCC(OCC(=O)ONC(=O)Cc2ccc(CCCCc3ccccc3)cc2)CC1. The van der Waals surface area contributed by atoms with E-state index in [0.717, 1.165) is 44.3 Å². The number of hydrogen-bond acceptors (Lipinski definition) is 10. The number of ether oxygens (including phenoxy) is 6. The van der Waals surface area contributed by atoms with Crippen LogP contribution in [0.3, 0.4) is 0 Å². The molecule has 12 nitrogen and oxygen atoms in total.